The molecule has 1 amide bonds. The number of anilines is 1. The van der Waals surface area contributed by atoms with Crippen LogP contribution in [0.3, 0.4) is 0 Å². The minimum absolute atomic E-state index is 0.0109. The van der Waals surface area contributed by atoms with Gasteiger partial charge in [0.1, 0.15) is 29.2 Å². The van der Waals surface area contributed by atoms with E-state index in [4.69, 9.17) is 28.2 Å². The summed E-state index contributed by atoms with van der Waals surface area (Å²) >= 11 is 12.3. The van der Waals surface area contributed by atoms with Gasteiger partial charge in [0.25, 0.3) is 5.56 Å². The lowest BCUT2D eigenvalue weighted by Gasteiger charge is -2.18. The largest absolute Gasteiger partial charge is 0.337 e. The van der Waals surface area contributed by atoms with E-state index in [0.717, 1.165) is 5.57 Å². The molecule has 8 rings (SSSR count). The minimum atomic E-state index is -0.900. The maximum atomic E-state index is 15.4. The van der Waals surface area contributed by atoms with E-state index in [1.165, 1.54) is 27.6 Å². The summed E-state index contributed by atoms with van der Waals surface area (Å²) in [5.41, 5.74) is 2.45. The maximum absolute atomic E-state index is 15.4. The Labute approximate surface area is 244 Å². The Hall–Kier alpha value is -4.68. The lowest BCUT2D eigenvalue weighted by molar-refractivity contribution is -0.116. The molecule has 0 bridgehead atoms. The van der Waals surface area contributed by atoms with Crippen molar-refractivity contribution in [1.82, 2.24) is 34.5 Å². The number of rotatable bonds is 4. The summed E-state index contributed by atoms with van der Waals surface area (Å²) in [7, 11) is 0. The lowest BCUT2D eigenvalue weighted by atomic mass is 9.98. The van der Waals surface area contributed by atoms with Gasteiger partial charge in [0.05, 0.1) is 23.5 Å². The first kappa shape index (κ1) is 25.1. The molecule has 0 saturated carbocycles. The number of amides is 1. The smallest absolute Gasteiger partial charge is 0.255 e. The van der Waals surface area contributed by atoms with Crippen LogP contribution in [-0.4, -0.2) is 40.4 Å². The van der Waals surface area contributed by atoms with Gasteiger partial charge in [-0.05, 0) is 42.3 Å². The van der Waals surface area contributed by atoms with Crippen LogP contribution in [0.1, 0.15) is 35.6 Å². The first-order chi connectivity index (χ1) is 20.3. The van der Waals surface area contributed by atoms with Crippen LogP contribution >= 0.6 is 23.2 Å². The highest BCUT2D eigenvalue weighted by Crippen LogP contribution is 2.53. The van der Waals surface area contributed by atoms with Gasteiger partial charge in [0.2, 0.25) is 11.9 Å². The number of allylic oxidation sites excluding steroid dienone is 2. The molecule has 10 nitrogen and oxygen atoms in total. The van der Waals surface area contributed by atoms with Gasteiger partial charge in [-0.25, -0.2) is 19.0 Å². The summed E-state index contributed by atoms with van der Waals surface area (Å²) in [6, 6.07) is 8.65. The number of aromatic nitrogens is 7. The second kappa shape index (κ2) is 8.91. The number of hydrogen-bond acceptors (Lipinski definition) is 6. The van der Waals surface area contributed by atoms with Crippen LogP contribution in [-0.2, 0) is 11.2 Å². The molecular weight excluding hydrogens is 589 g/mol. The van der Waals surface area contributed by atoms with Crippen molar-refractivity contribution in [3.8, 4) is 28.2 Å². The molecule has 3 aromatic heterocycles. The third kappa shape index (κ3) is 3.75. The van der Waals surface area contributed by atoms with Gasteiger partial charge in [0, 0.05) is 39.9 Å². The van der Waals surface area contributed by atoms with E-state index in [9.17, 15) is 9.59 Å². The number of H-pyrrole nitrogens is 1. The number of aromatic amines is 1. The van der Waals surface area contributed by atoms with Crippen molar-refractivity contribution in [2.24, 2.45) is 0 Å². The van der Waals surface area contributed by atoms with Crippen molar-refractivity contribution in [2.75, 3.05) is 5.32 Å². The van der Waals surface area contributed by atoms with Crippen LogP contribution in [0.5, 0.6) is 0 Å². The second-order valence-electron chi connectivity index (χ2n) is 10.2. The number of fused-ring (bicyclic) bond motifs is 4. The normalized spacial score (nSPS) is 18.3. The standard InChI is InChI=1S/C28H16Cl2F2N8O2/c29-11-1-5-19(39-10-20(30)37-38-39)16(7-11)18-9-22(42)40-25(14-8-15(14)28(40)34-18)27-35-24(26(32)36-27)13-2-4-17-12(23(13)31)3-6-21(41)33-17/h1-2,4-5,7-10,15,25H,3,6H2,(H,33,41)(H,35,36). The number of benzene rings is 2. The Balaban J connectivity index is 1.20. The SMILES string of the molecule is O=C1CCc2c(ccc(-c3[nH]c(C4C5=CC5c5nc(-c6cc(Cl)ccc6-n6cc(Cl)nn6)cc(=O)n54)nc3F)c2F)N1. The summed E-state index contributed by atoms with van der Waals surface area (Å²) < 4.78 is 33.6. The molecule has 0 radical (unpaired) electrons. The van der Waals surface area contributed by atoms with Crippen molar-refractivity contribution in [1.29, 1.82) is 0 Å². The first-order valence-corrected chi connectivity index (χ1v) is 13.6. The summed E-state index contributed by atoms with van der Waals surface area (Å²) in [5.74, 6) is -1.35. The first-order valence-electron chi connectivity index (χ1n) is 12.9. The summed E-state index contributed by atoms with van der Waals surface area (Å²) in [5, 5.41) is 11.1. The summed E-state index contributed by atoms with van der Waals surface area (Å²) in [4.78, 5) is 37.0. The number of nitrogens with zero attached hydrogens (tertiary/aromatic N) is 6. The van der Waals surface area contributed by atoms with Crippen molar-refractivity contribution in [3.05, 3.63) is 104 Å². The molecular formula is C28H16Cl2F2N8O2. The Morgan fingerprint density at radius 1 is 1.00 bits per heavy atom. The second-order valence-corrected chi connectivity index (χ2v) is 11.0. The predicted octanol–water partition coefficient (Wildman–Crippen LogP) is 4.98. The molecule has 14 heteroatoms. The highest BCUT2D eigenvalue weighted by molar-refractivity contribution is 6.31. The van der Waals surface area contributed by atoms with E-state index in [1.54, 1.807) is 24.3 Å². The zero-order chi connectivity index (χ0) is 28.9. The van der Waals surface area contributed by atoms with Crippen molar-refractivity contribution >= 4 is 34.8 Å². The maximum Gasteiger partial charge on any atom is 0.255 e. The molecule has 0 fully saturated rings. The Morgan fingerprint density at radius 2 is 1.86 bits per heavy atom. The quantitative estimate of drug-likeness (QED) is 0.279. The topological polar surface area (TPSA) is 123 Å². The van der Waals surface area contributed by atoms with Gasteiger partial charge >= 0.3 is 0 Å². The molecule has 42 heavy (non-hydrogen) atoms. The molecule has 2 atom stereocenters. The zero-order valence-corrected chi connectivity index (χ0v) is 22.7. The molecule has 2 aliphatic heterocycles. The Kier molecular flexibility index (Phi) is 5.32. The zero-order valence-electron chi connectivity index (χ0n) is 21.2. The predicted molar refractivity (Wildman–Crippen MR) is 149 cm³/mol. The van der Waals surface area contributed by atoms with Crippen LogP contribution in [0.15, 0.2) is 59.0 Å². The van der Waals surface area contributed by atoms with E-state index < -0.39 is 17.8 Å². The van der Waals surface area contributed by atoms with Gasteiger partial charge in [-0.1, -0.05) is 34.5 Å². The van der Waals surface area contributed by atoms with Gasteiger partial charge in [0.15, 0.2) is 5.15 Å². The molecule has 2 N–H and O–H groups in total. The molecule has 2 aromatic carbocycles. The molecule has 3 aliphatic rings. The number of imidazole rings is 1. The fraction of sp³-hybridized carbons (Fsp3) is 0.143. The number of hydrogen-bond donors (Lipinski definition) is 2. The van der Waals surface area contributed by atoms with E-state index >= 15 is 8.78 Å². The fourth-order valence-electron chi connectivity index (χ4n) is 5.76. The average Bonchev–Trinajstić information content (AvgIpc) is 3.28. The van der Waals surface area contributed by atoms with Crippen LogP contribution < -0.4 is 10.9 Å². The summed E-state index contributed by atoms with van der Waals surface area (Å²) in [6.07, 6.45) is 3.79. The molecule has 0 saturated heterocycles. The molecule has 5 aromatic rings. The highest BCUT2D eigenvalue weighted by atomic mass is 35.5. The van der Waals surface area contributed by atoms with E-state index in [0.29, 0.717) is 39.0 Å². The van der Waals surface area contributed by atoms with Gasteiger partial charge in [-0.3, -0.25) is 14.2 Å². The number of nitrogens with one attached hydrogen (secondary N) is 2. The Morgan fingerprint density at radius 3 is 2.67 bits per heavy atom. The third-order valence-corrected chi connectivity index (χ3v) is 8.12. The van der Waals surface area contributed by atoms with Crippen LogP contribution in [0.4, 0.5) is 14.5 Å². The average molecular weight is 605 g/mol. The molecule has 5 heterocycles. The summed E-state index contributed by atoms with van der Waals surface area (Å²) in [6.45, 7) is 0. The number of halogens is 4. The van der Waals surface area contributed by atoms with Gasteiger partial charge in [-0.2, -0.15) is 4.39 Å². The Bertz CT molecular complexity index is 2100. The highest BCUT2D eigenvalue weighted by Gasteiger charge is 2.47. The van der Waals surface area contributed by atoms with Crippen molar-refractivity contribution < 1.29 is 13.6 Å². The molecule has 1 aliphatic carbocycles. The van der Waals surface area contributed by atoms with Crippen LogP contribution in [0, 0.1) is 11.8 Å². The van der Waals surface area contributed by atoms with Gasteiger partial charge < -0.3 is 10.3 Å². The van der Waals surface area contributed by atoms with Crippen LogP contribution in [0.25, 0.3) is 28.2 Å². The van der Waals surface area contributed by atoms with E-state index in [1.807, 2.05) is 6.08 Å². The number of carbonyl (C=O) groups excluding carboxylic acids is 1. The van der Waals surface area contributed by atoms with Crippen LogP contribution in [0.2, 0.25) is 10.2 Å². The van der Waals surface area contributed by atoms with Crippen molar-refractivity contribution in [2.45, 2.75) is 24.8 Å². The van der Waals surface area contributed by atoms with Gasteiger partial charge in [-0.15, -0.1) is 5.10 Å². The molecule has 2 unspecified atom stereocenters. The monoisotopic (exact) mass is 604 g/mol. The van der Waals surface area contributed by atoms with E-state index in [-0.39, 0.29) is 52.5 Å². The third-order valence-electron chi connectivity index (χ3n) is 7.71. The van der Waals surface area contributed by atoms with Crippen molar-refractivity contribution in [3.63, 3.8) is 0 Å². The number of carbonyl (C=O) groups is 1. The molecule has 208 valence electrons. The lowest BCUT2D eigenvalue weighted by Crippen LogP contribution is -2.26. The fourth-order valence-corrected chi connectivity index (χ4v) is 6.06. The molecule has 0 spiro atoms. The van der Waals surface area contributed by atoms with E-state index in [2.05, 4.69) is 25.6 Å². The minimum Gasteiger partial charge on any atom is -0.337 e.